The Bertz CT molecular complexity index is 1120. The monoisotopic (exact) mass is 405 g/mol. The van der Waals surface area contributed by atoms with Gasteiger partial charge in [-0.1, -0.05) is 19.1 Å². The van der Waals surface area contributed by atoms with Gasteiger partial charge in [-0.15, -0.1) is 0 Å². The van der Waals surface area contributed by atoms with Gasteiger partial charge in [-0.05, 0) is 49.4 Å². The number of benzene rings is 2. The number of likely N-dealkylation sites (N-methyl/N-ethyl adjacent to an activating group) is 1. The number of rotatable bonds is 5. The zero-order chi connectivity index (χ0) is 21.1. The van der Waals surface area contributed by atoms with Gasteiger partial charge in [0.15, 0.2) is 0 Å². The molecule has 1 aliphatic rings. The molecule has 4 rings (SSSR count). The molecule has 1 aromatic heterocycles. The molecule has 0 saturated carbocycles. The molecule has 1 aliphatic heterocycles. The fourth-order valence-corrected chi connectivity index (χ4v) is 3.87. The Kier molecular flexibility index (Phi) is 5.81. The molecular formula is C23H27N5O2. The molecule has 3 aromatic rings. The van der Waals surface area contributed by atoms with Gasteiger partial charge >= 0.3 is 0 Å². The molecular weight excluding hydrogens is 378 g/mol. The van der Waals surface area contributed by atoms with Crippen LogP contribution in [-0.2, 0) is 11.3 Å². The van der Waals surface area contributed by atoms with E-state index in [0.29, 0.717) is 10.9 Å². The van der Waals surface area contributed by atoms with Crippen LogP contribution in [0.15, 0.2) is 53.6 Å². The highest BCUT2D eigenvalue weighted by molar-refractivity contribution is 5.91. The maximum Gasteiger partial charge on any atom is 0.261 e. The third-order valence-corrected chi connectivity index (χ3v) is 5.71. The molecule has 7 heteroatoms. The highest BCUT2D eigenvalue weighted by atomic mass is 16.2. The molecule has 0 radical (unpaired) electrons. The summed E-state index contributed by atoms with van der Waals surface area (Å²) >= 11 is 0. The number of aryl methyl sites for hydroxylation is 1. The number of hydrogen-bond donors (Lipinski definition) is 1. The van der Waals surface area contributed by atoms with Gasteiger partial charge in [0.25, 0.3) is 5.56 Å². The number of hydrogen-bond acceptors (Lipinski definition) is 5. The lowest BCUT2D eigenvalue weighted by Gasteiger charge is -2.35. The van der Waals surface area contributed by atoms with Crippen molar-refractivity contribution in [2.45, 2.75) is 20.4 Å². The molecule has 0 atom stereocenters. The molecule has 156 valence electrons. The number of nitrogens with zero attached hydrogens (tertiary/aromatic N) is 4. The zero-order valence-electron chi connectivity index (χ0n) is 17.5. The lowest BCUT2D eigenvalue weighted by Crippen LogP contribution is -2.46. The number of carbonyl (C=O) groups excluding carboxylic acids is 1. The van der Waals surface area contributed by atoms with Crippen LogP contribution in [0.25, 0.3) is 10.9 Å². The average Bonchev–Trinajstić information content (AvgIpc) is 2.77. The Morgan fingerprint density at radius 2 is 1.87 bits per heavy atom. The summed E-state index contributed by atoms with van der Waals surface area (Å²) < 4.78 is 1.34. The van der Waals surface area contributed by atoms with E-state index in [9.17, 15) is 9.59 Å². The normalized spacial score (nSPS) is 14.8. The Labute approximate surface area is 175 Å². The lowest BCUT2D eigenvalue weighted by molar-refractivity contribution is -0.116. The van der Waals surface area contributed by atoms with Gasteiger partial charge < -0.3 is 15.1 Å². The van der Waals surface area contributed by atoms with Gasteiger partial charge in [0.1, 0.15) is 6.54 Å². The summed E-state index contributed by atoms with van der Waals surface area (Å²) in [6.45, 7) is 9.37. The van der Waals surface area contributed by atoms with E-state index in [-0.39, 0.29) is 18.0 Å². The summed E-state index contributed by atoms with van der Waals surface area (Å²) in [5.41, 5.74) is 3.36. The second-order valence-corrected chi connectivity index (χ2v) is 7.66. The molecule has 0 aliphatic carbocycles. The van der Waals surface area contributed by atoms with Gasteiger partial charge in [-0.2, -0.15) is 0 Å². The van der Waals surface area contributed by atoms with E-state index in [4.69, 9.17) is 0 Å². The first kappa shape index (κ1) is 20.1. The molecule has 0 bridgehead atoms. The summed E-state index contributed by atoms with van der Waals surface area (Å²) in [4.78, 5) is 34.2. The largest absolute Gasteiger partial charge is 0.369 e. The van der Waals surface area contributed by atoms with Crippen LogP contribution in [-0.4, -0.2) is 53.1 Å². The number of piperazine rings is 1. The van der Waals surface area contributed by atoms with E-state index in [1.165, 1.54) is 16.6 Å². The quantitative estimate of drug-likeness (QED) is 0.706. The van der Waals surface area contributed by atoms with Crippen LogP contribution >= 0.6 is 0 Å². The Balaban J connectivity index is 1.44. The highest BCUT2D eigenvalue weighted by Crippen LogP contribution is 2.23. The van der Waals surface area contributed by atoms with Crippen molar-refractivity contribution in [1.82, 2.24) is 14.5 Å². The minimum Gasteiger partial charge on any atom is -0.369 e. The molecule has 2 heterocycles. The van der Waals surface area contributed by atoms with Crippen LogP contribution < -0.4 is 15.8 Å². The van der Waals surface area contributed by atoms with Crippen LogP contribution in [0.3, 0.4) is 0 Å². The fourth-order valence-electron chi connectivity index (χ4n) is 3.87. The minimum atomic E-state index is -0.249. The molecule has 7 nitrogen and oxygen atoms in total. The molecule has 30 heavy (non-hydrogen) atoms. The zero-order valence-corrected chi connectivity index (χ0v) is 17.5. The Morgan fingerprint density at radius 1 is 1.10 bits per heavy atom. The number of nitrogens with one attached hydrogen (secondary N) is 1. The molecule has 1 saturated heterocycles. The fraction of sp³-hybridized carbons (Fsp3) is 0.348. The van der Waals surface area contributed by atoms with E-state index in [0.717, 1.165) is 44.0 Å². The second kappa shape index (κ2) is 8.67. The molecule has 0 spiro atoms. The highest BCUT2D eigenvalue weighted by Gasteiger charge is 2.17. The predicted molar refractivity (Wildman–Crippen MR) is 120 cm³/mol. The first-order valence-electron chi connectivity index (χ1n) is 10.4. The van der Waals surface area contributed by atoms with Gasteiger partial charge in [-0.3, -0.25) is 14.2 Å². The number of carbonyl (C=O) groups is 1. The van der Waals surface area contributed by atoms with Gasteiger partial charge in [0, 0.05) is 37.6 Å². The smallest absolute Gasteiger partial charge is 0.261 e. The van der Waals surface area contributed by atoms with Gasteiger partial charge in [0.05, 0.1) is 17.2 Å². The van der Waals surface area contributed by atoms with Crippen LogP contribution in [0.4, 0.5) is 11.4 Å². The first-order valence-corrected chi connectivity index (χ1v) is 10.4. The van der Waals surface area contributed by atoms with Crippen molar-refractivity contribution < 1.29 is 4.79 Å². The molecule has 1 amide bonds. The van der Waals surface area contributed by atoms with Crippen LogP contribution in [0.2, 0.25) is 0 Å². The van der Waals surface area contributed by atoms with Crippen molar-refractivity contribution >= 4 is 28.2 Å². The van der Waals surface area contributed by atoms with Crippen molar-refractivity contribution in [3.8, 4) is 0 Å². The van der Waals surface area contributed by atoms with Crippen molar-refractivity contribution in [3.05, 3.63) is 64.7 Å². The summed E-state index contributed by atoms with van der Waals surface area (Å²) in [6, 6.07) is 13.2. The van der Waals surface area contributed by atoms with Crippen LogP contribution in [0, 0.1) is 6.92 Å². The average molecular weight is 406 g/mol. The van der Waals surface area contributed by atoms with Crippen molar-refractivity contribution in [1.29, 1.82) is 0 Å². The van der Waals surface area contributed by atoms with Crippen LogP contribution in [0.5, 0.6) is 0 Å². The molecule has 1 N–H and O–H groups in total. The number of para-hydroxylation sites is 1. The van der Waals surface area contributed by atoms with E-state index in [1.54, 1.807) is 18.2 Å². The first-order chi connectivity index (χ1) is 14.5. The predicted octanol–water partition coefficient (Wildman–Crippen LogP) is 2.49. The molecule has 2 aromatic carbocycles. The maximum absolute atomic E-state index is 12.6. The third-order valence-electron chi connectivity index (χ3n) is 5.71. The summed E-state index contributed by atoms with van der Waals surface area (Å²) in [7, 11) is 0. The van der Waals surface area contributed by atoms with Crippen molar-refractivity contribution in [3.63, 3.8) is 0 Å². The third kappa shape index (κ3) is 4.21. The van der Waals surface area contributed by atoms with Crippen molar-refractivity contribution in [2.75, 3.05) is 42.9 Å². The summed E-state index contributed by atoms with van der Waals surface area (Å²) in [5, 5.41) is 3.44. The maximum atomic E-state index is 12.6. The summed E-state index contributed by atoms with van der Waals surface area (Å²) in [6.07, 6.45) is 1.43. The van der Waals surface area contributed by atoms with E-state index >= 15 is 0 Å². The Morgan fingerprint density at radius 3 is 2.60 bits per heavy atom. The van der Waals surface area contributed by atoms with E-state index in [1.807, 2.05) is 25.1 Å². The summed E-state index contributed by atoms with van der Waals surface area (Å²) in [5.74, 6) is -0.249. The minimum absolute atomic E-state index is 0.0726. The number of anilines is 2. The standard InChI is InChI=1S/C23H27N5O2/c1-3-26-10-12-27(13-11-26)18-8-9-20(17(2)14-18)25-22(29)15-28-16-24-21-7-5-4-6-19(21)23(28)30/h4-9,14,16H,3,10-13,15H2,1-2H3,(H,25,29). The van der Waals surface area contributed by atoms with E-state index < -0.39 is 0 Å². The topological polar surface area (TPSA) is 70.5 Å². The molecule has 0 unspecified atom stereocenters. The second-order valence-electron chi connectivity index (χ2n) is 7.66. The molecule has 1 fully saturated rings. The van der Waals surface area contributed by atoms with Crippen LogP contribution in [0.1, 0.15) is 12.5 Å². The van der Waals surface area contributed by atoms with Gasteiger partial charge in [0.2, 0.25) is 5.91 Å². The lowest BCUT2D eigenvalue weighted by atomic mass is 10.1. The number of aromatic nitrogens is 2. The Hall–Kier alpha value is -3.19. The van der Waals surface area contributed by atoms with Gasteiger partial charge in [-0.25, -0.2) is 4.98 Å². The number of fused-ring (bicyclic) bond motifs is 1. The SMILES string of the molecule is CCN1CCN(c2ccc(NC(=O)Cn3cnc4ccccc4c3=O)c(C)c2)CC1. The number of amides is 1. The van der Waals surface area contributed by atoms with Crippen molar-refractivity contribution in [2.24, 2.45) is 0 Å². The van der Waals surface area contributed by atoms with E-state index in [2.05, 4.69) is 33.1 Å².